The Kier molecular flexibility index (Phi) is 6.36. The summed E-state index contributed by atoms with van der Waals surface area (Å²) in [6, 6.07) is 19.4. The number of nitro benzene ring substituents is 1. The molecule has 1 N–H and O–H groups in total. The molecule has 1 heterocycles. The van der Waals surface area contributed by atoms with Crippen molar-refractivity contribution in [1.29, 1.82) is 0 Å². The molecule has 2 atom stereocenters. The van der Waals surface area contributed by atoms with Gasteiger partial charge < -0.3 is 10.0 Å². The van der Waals surface area contributed by atoms with Crippen molar-refractivity contribution in [1.82, 2.24) is 4.90 Å². The fourth-order valence-corrected chi connectivity index (χ4v) is 5.05. The summed E-state index contributed by atoms with van der Waals surface area (Å²) in [4.78, 5) is 38.4. The van der Waals surface area contributed by atoms with Crippen molar-refractivity contribution in [2.45, 2.75) is 24.4 Å². The van der Waals surface area contributed by atoms with Crippen LogP contribution >= 0.6 is 31.9 Å². The second-order valence-electron chi connectivity index (χ2n) is 7.84. The molecule has 0 spiro atoms. The number of likely N-dealkylation sites (tertiary alicyclic amines) is 1. The summed E-state index contributed by atoms with van der Waals surface area (Å²) >= 11 is 6.91. The molecule has 0 bridgehead atoms. The van der Waals surface area contributed by atoms with Gasteiger partial charge in [0.05, 0.1) is 11.0 Å². The van der Waals surface area contributed by atoms with Crippen molar-refractivity contribution in [2.24, 2.45) is 0 Å². The molecule has 9 heteroatoms. The summed E-state index contributed by atoms with van der Waals surface area (Å²) < 4.78 is 1.52. The van der Waals surface area contributed by atoms with Gasteiger partial charge >= 0.3 is 5.97 Å². The molecule has 1 fully saturated rings. The van der Waals surface area contributed by atoms with Crippen molar-refractivity contribution >= 4 is 49.4 Å². The number of aliphatic carboxylic acids is 1. The highest BCUT2D eigenvalue weighted by atomic mass is 79.9. The molecule has 33 heavy (non-hydrogen) atoms. The lowest BCUT2D eigenvalue weighted by Gasteiger charge is -2.35. The van der Waals surface area contributed by atoms with E-state index in [9.17, 15) is 24.8 Å². The van der Waals surface area contributed by atoms with Crippen LogP contribution in [-0.4, -0.2) is 26.8 Å². The summed E-state index contributed by atoms with van der Waals surface area (Å²) in [5.74, 6) is -1.46. The first kappa shape index (κ1) is 23.1. The Balaban J connectivity index is 1.91. The summed E-state index contributed by atoms with van der Waals surface area (Å²) in [6.45, 7) is 0.236. The normalized spacial score (nSPS) is 20.1. The van der Waals surface area contributed by atoms with Crippen LogP contribution in [0.25, 0.3) is 0 Å². The number of non-ortho nitro benzene ring substituents is 1. The molecule has 3 aromatic carbocycles. The number of nitrogens with zero attached hydrogens (tertiary/aromatic N) is 2. The summed E-state index contributed by atoms with van der Waals surface area (Å²) in [7, 11) is 0. The molecule has 0 unspecified atom stereocenters. The van der Waals surface area contributed by atoms with Crippen LogP contribution in [-0.2, 0) is 21.5 Å². The number of amides is 1. The van der Waals surface area contributed by atoms with Gasteiger partial charge in [0.1, 0.15) is 5.41 Å². The highest BCUT2D eigenvalue weighted by molar-refractivity contribution is 9.13. The lowest BCUT2D eigenvalue weighted by Crippen LogP contribution is -2.42. The third kappa shape index (κ3) is 4.18. The average molecular weight is 574 g/mol. The van der Waals surface area contributed by atoms with E-state index in [2.05, 4.69) is 31.9 Å². The highest BCUT2D eigenvalue weighted by Crippen LogP contribution is 2.51. The average Bonchev–Trinajstić information content (AvgIpc) is 3.09. The molecule has 1 aliphatic rings. The van der Waals surface area contributed by atoms with Crippen LogP contribution in [0.2, 0.25) is 0 Å². The largest absolute Gasteiger partial charge is 0.480 e. The van der Waals surface area contributed by atoms with Gasteiger partial charge in [0.25, 0.3) is 5.69 Å². The summed E-state index contributed by atoms with van der Waals surface area (Å²) in [5.41, 5.74) is 0.0969. The maximum Gasteiger partial charge on any atom is 0.317 e. The van der Waals surface area contributed by atoms with Gasteiger partial charge in [-0.05, 0) is 60.7 Å². The number of carbonyl (C=O) groups is 2. The van der Waals surface area contributed by atoms with Gasteiger partial charge in [-0.25, -0.2) is 0 Å². The maximum atomic E-state index is 13.3. The molecule has 4 rings (SSSR count). The molecule has 3 aromatic rings. The summed E-state index contributed by atoms with van der Waals surface area (Å²) in [6.07, 6.45) is -0.259. The van der Waals surface area contributed by atoms with Crippen LogP contribution < -0.4 is 0 Å². The van der Waals surface area contributed by atoms with Crippen molar-refractivity contribution < 1.29 is 19.6 Å². The Hall–Kier alpha value is -3.04. The first-order chi connectivity index (χ1) is 15.7. The molecule has 0 radical (unpaired) electrons. The Morgan fingerprint density at radius 1 is 1.06 bits per heavy atom. The van der Waals surface area contributed by atoms with Gasteiger partial charge in [0.2, 0.25) is 5.91 Å². The number of hydrogen-bond acceptors (Lipinski definition) is 4. The van der Waals surface area contributed by atoms with Crippen molar-refractivity contribution in [3.8, 4) is 0 Å². The van der Waals surface area contributed by atoms with Crippen LogP contribution in [0.15, 0.2) is 81.7 Å². The Morgan fingerprint density at radius 3 is 2.30 bits per heavy atom. The number of carbonyl (C=O) groups excluding carboxylic acids is 1. The second-order valence-corrected chi connectivity index (χ2v) is 9.55. The molecule has 1 amide bonds. The second kappa shape index (κ2) is 9.07. The van der Waals surface area contributed by atoms with E-state index in [-0.39, 0.29) is 24.6 Å². The molecular weight excluding hydrogens is 556 g/mol. The summed E-state index contributed by atoms with van der Waals surface area (Å²) in [5, 5.41) is 21.6. The minimum Gasteiger partial charge on any atom is -0.480 e. The first-order valence-corrected chi connectivity index (χ1v) is 11.6. The minimum absolute atomic E-state index is 0.146. The number of rotatable bonds is 6. The van der Waals surface area contributed by atoms with Gasteiger partial charge in [-0.1, -0.05) is 48.5 Å². The van der Waals surface area contributed by atoms with Gasteiger partial charge in [-0.15, -0.1) is 0 Å². The van der Waals surface area contributed by atoms with E-state index in [1.54, 1.807) is 23.1 Å². The minimum atomic E-state index is -1.62. The fraction of sp³-hybridized carbons (Fsp3) is 0.167. The molecule has 168 valence electrons. The Labute approximate surface area is 206 Å². The molecular formula is C24H18Br2N2O5. The molecule has 1 saturated heterocycles. The number of benzene rings is 3. The molecule has 0 aromatic heterocycles. The predicted octanol–water partition coefficient (Wildman–Crippen LogP) is 5.62. The standard InChI is InChI=1S/C24H18Br2N2O5/c25-19-11-6-16(12-20(19)26)22-24(23(30)31,17-7-9-18(10-8-17)28(32)33)13-21(29)27(22)14-15-4-2-1-3-5-15/h1-12,22H,13-14H2,(H,30,31)/t22-,24-/m1/s1. The predicted molar refractivity (Wildman–Crippen MR) is 129 cm³/mol. The van der Waals surface area contributed by atoms with E-state index in [0.717, 1.165) is 14.5 Å². The van der Waals surface area contributed by atoms with Crippen molar-refractivity contribution in [2.75, 3.05) is 0 Å². The van der Waals surface area contributed by atoms with Crippen LogP contribution in [0.1, 0.15) is 29.2 Å². The first-order valence-electron chi connectivity index (χ1n) is 10.0. The molecule has 0 saturated carbocycles. The number of halogens is 2. The number of carboxylic acids is 1. The van der Waals surface area contributed by atoms with Crippen LogP contribution in [0, 0.1) is 10.1 Å². The van der Waals surface area contributed by atoms with Crippen LogP contribution in [0.3, 0.4) is 0 Å². The molecule has 7 nitrogen and oxygen atoms in total. The van der Waals surface area contributed by atoms with Gasteiger partial charge in [-0.2, -0.15) is 0 Å². The highest BCUT2D eigenvalue weighted by Gasteiger charge is 2.58. The molecule has 1 aliphatic heterocycles. The Morgan fingerprint density at radius 2 is 1.73 bits per heavy atom. The lowest BCUT2D eigenvalue weighted by atomic mass is 9.71. The van der Waals surface area contributed by atoms with E-state index in [1.165, 1.54) is 24.3 Å². The zero-order valence-electron chi connectivity index (χ0n) is 17.2. The van der Waals surface area contributed by atoms with Crippen LogP contribution in [0.4, 0.5) is 5.69 Å². The van der Waals surface area contributed by atoms with E-state index in [1.807, 2.05) is 30.3 Å². The van der Waals surface area contributed by atoms with E-state index < -0.39 is 22.3 Å². The number of hydrogen-bond donors (Lipinski definition) is 1. The fourth-order valence-electron chi connectivity index (χ4n) is 4.41. The van der Waals surface area contributed by atoms with Crippen molar-refractivity contribution in [3.63, 3.8) is 0 Å². The van der Waals surface area contributed by atoms with Gasteiger partial charge in [0.15, 0.2) is 0 Å². The SMILES string of the molecule is O=C1C[C@@](C(=O)O)(c2ccc([N+](=O)[O-])cc2)[C@@H](c2ccc(Br)c(Br)c2)N1Cc1ccccc1. The van der Waals surface area contributed by atoms with Gasteiger partial charge in [-0.3, -0.25) is 19.7 Å². The smallest absolute Gasteiger partial charge is 0.317 e. The number of nitro groups is 1. The topological polar surface area (TPSA) is 101 Å². The van der Waals surface area contributed by atoms with Gasteiger partial charge in [0, 0.05) is 34.0 Å². The zero-order chi connectivity index (χ0) is 23.8. The Bertz CT molecular complexity index is 1230. The van der Waals surface area contributed by atoms with Crippen molar-refractivity contribution in [3.05, 3.63) is 109 Å². The monoisotopic (exact) mass is 572 g/mol. The van der Waals surface area contributed by atoms with E-state index >= 15 is 0 Å². The lowest BCUT2D eigenvalue weighted by molar-refractivity contribution is -0.384. The maximum absolute atomic E-state index is 13.3. The zero-order valence-corrected chi connectivity index (χ0v) is 20.3. The third-order valence-electron chi connectivity index (χ3n) is 5.96. The van der Waals surface area contributed by atoms with E-state index in [0.29, 0.717) is 11.1 Å². The van der Waals surface area contributed by atoms with E-state index in [4.69, 9.17) is 0 Å². The third-order valence-corrected chi connectivity index (χ3v) is 7.84. The number of carboxylic acid groups (broad SMARTS) is 1. The molecule has 0 aliphatic carbocycles. The van der Waals surface area contributed by atoms with Crippen LogP contribution in [0.5, 0.6) is 0 Å². The quantitative estimate of drug-likeness (QED) is 0.305.